The molecule has 4 nitrogen and oxygen atoms in total. The quantitative estimate of drug-likeness (QED) is 0.406. The van der Waals surface area contributed by atoms with E-state index in [4.69, 9.17) is 14.8 Å². The average molecular weight is 225 g/mol. The lowest BCUT2D eigenvalue weighted by atomic mass is 9.79. The smallest absolute Gasteiger partial charge is 0.494 e. The van der Waals surface area contributed by atoms with Gasteiger partial charge in [-0.25, -0.2) is 4.39 Å². The monoisotopic (exact) mass is 225 g/mol. The van der Waals surface area contributed by atoms with Gasteiger partial charge in [-0.05, 0) is 18.9 Å². The van der Waals surface area contributed by atoms with Crippen LogP contribution in [0.15, 0.2) is 23.2 Å². The number of ether oxygens (including phenoxy) is 1. The van der Waals surface area contributed by atoms with Gasteiger partial charge in [-0.2, -0.15) is 0 Å². The summed E-state index contributed by atoms with van der Waals surface area (Å²) in [6, 6.07) is 4.08. The Labute approximate surface area is 93.5 Å². The zero-order valence-electron chi connectivity index (χ0n) is 8.77. The number of nitrogens with zero attached hydrogens (tertiary/aromatic N) is 1. The molecule has 0 aromatic heterocycles. The second kappa shape index (κ2) is 6.24. The molecular weight excluding hydrogens is 212 g/mol. The maximum atomic E-state index is 13.2. The van der Waals surface area contributed by atoms with Crippen molar-refractivity contribution in [3.8, 4) is 5.75 Å². The van der Waals surface area contributed by atoms with Crippen LogP contribution >= 0.6 is 0 Å². The standard InChI is InChI=1S/C10H13BFNO3/c1-13-6-3-7-16-9-5-2-4-8(12)10(9)11(14)15/h2,4-5,14-15H,1,3,6-7H2. The molecule has 2 N–H and O–H groups in total. The van der Waals surface area contributed by atoms with Crippen LogP contribution in [0.5, 0.6) is 5.75 Å². The summed E-state index contributed by atoms with van der Waals surface area (Å²) in [6.07, 6.45) is 0.640. The van der Waals surface area contributed by atoms with Gasteiger partial charge in [0.2, 0.25) is 0 Å². The minimum Gasteiger partial charge on any atom is -0.494 e. The molecule has 0 aliphatic heterocycles. The molecule has 86 valence electrons. The fourth-order valence-electron chi connectivity index (χ4n) is 1.25. The zero-order valence-corrected chi connectivity index (χ0v) is 8.77. The summed E-state index contributed by atoms with van der Waals surface area (Å²) in [4.78, 5) is 3.64. The number of halogens is 1. The summed E-state index contributed by atoms with van der Waals surface area (Å²) in [5, 5.41) is 18.0. The van der Waals surface area contributed by atoms with E-state index in [9.17, 15) is 4.39 Å². The molecule has 0 bridgehead atoms. The van der Waals surface area contributed by atoms with Crippen LogP contribution in [0.3, 0.4) is 0 Å². The molecule has 0 amide bonds. The first kappa shape index (κ1) is 12.7. The first-order chi connectivity index (χ1) is 7.66. The van der Waals surface area contributed by atoms with E-state index in [0.29, 0.717) is 19.6 Å². The van der Waals surface area contributed by atoms with Gasteiger partial charge in [0.1, 0.15) is 11.6 Å². The van der Waals surface area contributed by atoms with E-state index in [0.717, 1.165) is 6.07 Å². The lowest BCUT2D eigenvalue weighted by Gasteiger charge is -2.11. The maximum absolute atomic E-state index is 13.2. The Morgan fingerprint density at radius 1 is 1.44 bits per heavy atom. The Morgan fingerprint density at radius 3 is 2.81 bits per heavy atom. The highest BCUT2D eigenvalue weighted by Gasteiger charge is 2.21. The van der Waals surface area contributed by atoms with Crippen LogP contribution < -0.4 is 10.2 Å². The Morgan fingerprint density at radius 2 is 2.19 bits per heavy atom. The third-order valence-electron chi connectivity index (χ3n) is 1.99. The molecular formula is C10H13BFNO3. The Balaban J connectivity index is 2.71. The van der Waals surface area contributed by atoms with Gasteiger partial charge in [-0.15, -0.1) is 0 Å². The van der Waals surface area contributed by atoms with Crippen LogP contribution in [-0.4, -0.2) is 37.0 Å². The van der Waals surface area contributed by atoms with Crippen LogP contribution in [0.2, 0.25) is 0 Å². The summed E-state index contributed by atoms with van der Waals surface area (Å²) in [5.41, 5.74) is -0.242. The second-order valence-corrected chi connectivity index (χ2v) is 3.17. The van der Waals surface area contributed by atoms with Crippen LogP contribution in [0.1, 0.15) is 6.42 Å². The van der Waals surface area contributed by atoms with E-state index in [1.165, 1.54) is 12.1 Å². The lowest BCUT2D eigenvalue weighted by Crippen LogP contribution is -2.34. The van der Waals surface area contributed by atoms with Crippen LogP contribution in [0, 0.1) is 5.82 Å². The molecule has 0 radical (unpaired) electrons. The Kier molecular flexibility index (Phi) is 4.95. The third kappa shape index (κ3) is 3.32. The van der Waals surface area contributed by atoms with Gasteiger partial charge in [0, 0.05) is 13.0 Å². The molecule has 0 unspecified atom stereocenters. The van der Waals surface area contributed by atoms with Crippen molar-refractivity contribution in [2.24, 2.45) is 4.99 Å². The predicted molar refractivity (Wildman–Crippen MR) is 60.8 cm³/mol. The van der Waals surface area contributed by atoms with Crippen molar-refractivity contribution in [2.45, 2.75) is 6.42 Å². The highest BCUT2D eigenvalue weighted by atomic mass is 19.1. The molecule has 0 spiro atoms. The van der Waals surface area contributed by atoms with Gasteiger partial charge in [-0.3, -0.25) is 0 Å². The number of hydrogen-bond donors (Lipinski definition) is 2. The van der Waals surface area contributed by atoms with Gasteiger partial charge in [-0.1, -0.05) is 6.07 Å². The summed E-state index contributed by atoms with van der Waals surface area (Å²) in [5.74, 6) is -0.562. The molecule has 1 aromatic rings. The van der Waals surface area contributed by atoms with E-state index in [1.807, 2.05) is 0 Å². The normalized spacial score (nSPS) is 9.94. The van der Waals surface area contributed by atoms with Crippen molar-refractivity contribution < 1.29 is 19.2 Å². The fourth-order valence-corrected chi connectivity index (χ4v) is 1.25. The van der Waals surface area contributed by atoms with Crippen molar-refractivity contribution in [2.75, 3.05) is 13.2 Å². The molecule has 6 heteroatoms. The number of rotatable bonds is 6. The average Bonchev–Trinajstić information content (AvgIpc) is 2.24. The fraction of sp³-hybridized carbons (Fsp3) is 0.300. The second-order valence-electron chi connectivity index (χ2n) is 3.17. The summed E-state index contributed by atoms with van der Waals surface area (Å²) >= 11 is 0. The van der Waals surface area contributed by atoms with Crippen molar-refractivity contribution in [3.63, 3.8) is 0 Å². The van der Waals surface area contributed by atoms with E-state index < -0.39 is 12.9 Å². The van der Waals surface area contributed by atoms with Crippen molar-refractivity contribution in [1.82, 2.24) is 0 Å². The summed E-state index contributed by atoms with van der Waals surface area (Å²) < 4.78 is 18.5. The summed E-state index contributed by atoms with van der Waals surface area (Å²) in [6.45, 7) is 4.19. The Bertz CT molecular complexity index is 360. The molecule has 0 saturated carbocycles. The van der Waals surface area contributed by atoms with Gasteiger partial charge < -0.3 is 19.8 Å². The largest absolute Gasteiger partial charge is 0.495 e. The van der Waals surface area contributed by atoms with Gasteiger partial charge >= 0.3 is 7.12 Å². The molecule has 1 aromatic carbocycles. The van der Waals surface area contributed by atoms with Crippen molar-refractivity contribution in [3.05, 3.63) is 24.0 Å². The van der Waals surface area contributed by atoms with Crippen LogP contribution in [-0.2, 0) is 0 Å². The zero-order chi connectivity index (χ0) is 12.0. The third-order valence-corrected chi connectivity index (χ3v) is 1.99. The maximum Gasteiger partial charge on any atom is 0.495 e. The highest BCUT2D eigenvalue weighted by molar-refractivity contribution is 6.59. The molecule has 0 fully saturated rings. The van der Waals surface area contributed by atoms with Crippen molar-refractivity contribution in [1.29, 1.82) is 0 Å². The SMILES string of the molecule is C=NCCCOc1cccc(F)c1B(O)O. The molecule has 0 aliphatic rings. The lowest BCUT2D eigenvalue weighted by molar-refractivity contribution is 0.312. The molecule has 1 rings (SSSR count). The Hall–Kier alpha value is -1.40. The number of hydrogen-bond acceptors (Lipinski definition) is 4. The molecule has 0 saturated heterocycles. The van der Waals surface area contributed by atoms with E-state index in [-0.39, 0.29) is 11.2 Å². The molecule has 0 heterocycles. The van der Waals surface area contributed by atoms with Crippen molar-refractivity contribution >= 4 is 19.3 Å². The van der Waals surface area contributed by atoms with Gasteiger partial charge in [0.05, 0.1) is 12.1 Å². The first-order valence-corrected chi connectivity index (χ1v) is 4.86. The molecule has 16 heavy (non-hydrogen) atoms. The molecule has 0 atom stereocenters. The molecule has 0 aliphatic carbocycles. The van der Waals surface area contributed by atoms with Gasteiger partial charge in [0.25, 0.3) is 0 Å². The highest BCUT2D eigenvalue weighted by Crippen LogP contribution is 2.10. The minimum absolute atomic E-state index is 0.138. The summed E-state index contributed by atoms with van der Waals surface area (Å²) in [7, 11) is -1.88. The van der Waals surface area contributed by atoms with Crippen LogP contribution in [0.4, 0.5) is 4.39 Å². The van der Waals surface area contributed by atoms with Crippen LogP contribution in [0.25, 0.3) is 0 Å². The predicted octanol–water partition coefficient (Wildman–Crippen LogP) is -0.0250. The first-order valence-electron chi connectivity index (χ1n) is 4.86. The van der Waals surface area contributed by atoms with E-state index in [2.05, 4.69) is 11.7 Å². The minimum atomic E-state index is -1.88. The number of benzene rings is 1. The van der Waals surface area contributed by atoms with Gasteiger partial charge in [0.15, 0.2) is 0 Å². The van der Waals surface area contributed by atoms with E-state index >= 15 is 0 Å². The number of aliphatic imine (C=N–C) groups is 1. The van der Waals surface area contributed by atoms with E-state index in [1.54, 1.807) is 0 Å². The topological polar surface area (TPSA) is 62.0 Å².